The van der Waals surface area contributed by atoms with Crippen molar-refractivity contribution >= 4 is 28.7 Å². The largest absolute Gasteiger partial charge is 0.469 e. The van der Waals surface area contributed by atoms with E-state index in [9.17, 15) is 9.59 Å². The molecule has 3 rings (SSSR count). The van der Waals surface area contributed by atoms with Crippen LogP contribution in [0.4, 0.5) is 0 Å². The molecule has 3 aromatic rings. The number of amides is 1. The molecule has 1 heterocycles. The Kier molecular flexibility index (Phi) is 8.75. The first-order valence-corrected chi connectivity index (χ1v) is 11.4. The van der Waals surface area contributed by atoms with Gasteiger partial charge in [-0.05, 0) is 37.6 Å². The first-order valence-electron chi connectivity index (χ1n) is 11.4. The minimum atomic E-state index is -0.374. The first kappa shape index (κ1) is 24.9. The number of aromatic nitrogens is 2. The number of amidine groups is 1. The second-order valence-corrected chi connectivity index (χ2v) is 8.07. The lowest BCUT2D eigenvalue weighted by atomic mass is 10.1. The van der Waals surface area contributed by atoms with Gasteiger partial charge in [-0.3, -0.25) is 15.0 Å². The lowest BCUT2D eigenvalue weighted by Gasteiger charge is -2.10. The molecule has 6 N–H and O–H groups in total. The van der Waals surface area contributed by atoms with E-state index in [-0.39, 0.29) is 30.7 Å². The maximum Gasteiger partial charge on any atom is 0.307 e. The van der Waals surface area contributed by atoms with Gasteiger partial charge in [-0.15, -0.1) is 0 Å². The zero-order valence-electron chi connectivity index (χ0n) is 19.5. The van der Waals surface area contributed by atoms with E-state index in [4.69, 9.17) is 21.9 Å². The van der Waals surface area contributed by atoms with Crippen molar-refractivity contribution in [3.8, 4) is 11.4 Å². The average molecular weight is 465 g/mol. The molecular weight excluding hydrogens is 432 g/mol. The van der Waals surface area contributed by atoms with Crippen LogP contribution in [0.25, 0.3) is 22.4 Å². The van der Waals surface area contributed by atoms with Crippen molar-refractivity contribution < 1.29 is 14.3 Å². The van der Waals surface area contributed by atoms with Crippen LogP contribution in [0.15, 0.2) is 42.5 Å². The predicted molar refractivity (Wildman–Crippen MR) is 133 cm³/mol. The lowest BCUT2D eigenvalue weighted by molar-refractivity contribution is -0.140. The number of nitrogens with one attached hydrogen (secondary N) is 2. The van der Waals surface area contributed by atoms with Crippen molar-refractivity contribution in [2.45, 2.75) is 38.6 Å². The second kappa shape index (κ2) is 11.9. The monoisotopic (exact) mass is 464 g/mol. The molecule has 0 spiro atoms. The van der Waals surface area contributed by atoms with Crippen LogP contribution in [0.5, 0.6) is 0 Å². The number of aryl methyl sites for hydroxylation is 1. The Morgan fingerprint density at radius 2 is 1.76 bits per heavy atom. The number of nitrogens with two attached hydrogens (primary N) is 2. The van der Waals surface area contributed by atoms with Gasteiger partial charge in [-0.1, -0.05) is 37.1 Å². The van der Waals surface area contributed by atoms with Gasteiger partial charge >= 0.3 is 5.97 Å². The van der Waals surface area contributed by atoms with Crippen LogP contribution in [0, 0.1) is 5.41 Å². The summed E-state index contributed by atoms with van der Waals surface area (Å²) >= 11 is 0. The fraction of sp³-hybridized carbons (Fsp3) is 0.360. The van der Waals surface area contributed by atoms with E-state index < -0.39 is 0 Å². The molecule has 0 atom stereocenters. The first-order chi connectivity index (χ1) is 16.4. The molecule has 0 aliphatic carbocycles. The number of unbranched alkanes of at least 4 members (excludes halogenated alkanes) is 3. The summed E-state index contributed by atoms with van der Waals surface area (Å²) in [6.45, 7) is 1.69. The summed E-state index contributed by atoms with van der Waals surface area (Å²) in [6.07, 6.45) is 4.27. The summed E-state index contributed by atoms with van der Waals surface area (Å²) in [5.74, 6) is 0.172. The number of ether oxygens (including phenoxy) is 1. The van der Waals surface area contributed by atoms with E-state index in [1.54, 1.807) is 12.1 Å². The smallest absolute Gasteiger partial charge is 0.307 e. The van der Waals surface area contributed by atoms with Crippen LogP contribution in [-0.4, -0.2) is 47.5 Å². The molecule has 1 aromatic heterocycles. The summed E-state index contributed by atoms with van der Waals surface area (Å²) in [5.41, 5.74) is 14.9. The van der Waals surface area contributed by atoms with Gasteiger partial charge in [0.1, 0.15) is 11.7 Å². The Morgan fingerprint density at radius 3 is 2.44 bits per heavy atom. The van der Waals surface area contributed by atoms with Crippen LogP contribution in [0.2, 0.25) is 0 Å². The normalized spacial score (nSPS) is 10.9. The Morgan fingerprint density at radius 1 is 1.06 bits per heavy atom. The van der Waals surface area contributed by atoms with E-state index in [0.29, 0.717) is 23.2 Å². The molecule has 9 nitrogen and oxygen atoms in total. The molecule has 9 heteroatoms. The highest BCUT2D eigenvalue weighted by Gasteiger charge is 2.15. The summed E-state index contributed by atoms with van der Waals surface area (Å²) in [7, 11) is 1.32. The quantitative estimate of drug-likeness (QED) is 0.140. The number of rotatable bonds is 12. The number of esters is 1. The van der Waals surface area contributed by atoms with Crippen LogP contribution in [-0.2, 0) is 16.1 Å². The fourth-order valence-electron chi connectivity index (χ4n) is 3.77. The highest BCUT2D eigenvalue weighted by molar-refractivity contribution is 5.98. The Balaban J connectivity index is 1.88. The third kappa shape index (κ3) is 6.20. The molecule has 0 unspecified atom stereocenters. The summed E-state index contributed by atoms with van der Waals surface area (Å²) in [4.78, 5) is 28.7. The van der Waals surface area contributed by atoms with Crippen molar-refractivity contribution in [2.24, 2.45) is 11.5 Å². The van der Waals surface area contributed by atoms with E-state index in [1.807, 2.05) is 30.3 Å². The molecule has 2 aromatic carbocycles. The number of fused-ring (bicyclic) bond motifs is 1. The van der Waals surface area contributed by atoms with Gasteiger partial charge in [0.15, 0.2) is 0 Å². The maximum absolute atomic E-state index is 12.6. The number of carbonyl (C=O) groups excluding carboxylic acids is 2. The topological polar surface area (TPSA) is 149 Å². The van der Waals surface area contributed by atoms with Crippen molar-refractivity contribution in [3.63, 3.8) is 0 Å². The number of methoxy groups -OCH3 is 1. The number of nitrogen functional groups attached to an aromatic ring is 1. The Hall–Kier alpha value is -3.72. The summed E-state index contributed by atoms with van der Waals surface area (Å²) in [5, 5.41) is 10.4. The third-order valence-corrected chi connectivity index (χ3v) is 5.64. The minimum absolute atomic E-state index is 0.0165. The molecule has 1 amide bonds. The van der Waals surface area contributed by atoms with Gasteiger partial charge in [0, 0.05) is 29.8 Å². The van der Waals surface area contributed by atoms with Crippen molar-refractivity contribution in [2.75, 3.05) is 20.2 Å². The maximum atomic E-state index is 12.6. The van der Waals surface area contributed by atoms with Gasteiger partial charge in [0.25, 0.3) is 5.91 Å². The number of imidazole rings is 1. The van der Waals surface area contributed by atoms with Gasteiger partial charge in [-0.2, -0.15) is 0 Å². The molecule has 0 fully saturated rings. The molecule has 34 heavy (non-hydrogen) atoms. The summed E-state index contributed by atoms with van der Waals surface area (Å²) < 4.78 is 6.77. The van der Waals surface area contributed by atoms with E-state index in [1.165, 1.54) is 7.11 Å². The number of nitrogens with zero attached hydrogens (tertiary/aromatic N) is 2. The standard InChI is InChI=1S/C25H32N6O3/c1-34-22(32)12-14-29-25(33)19-10-11-21-20(16-19)30-24(31(21)15-5-3-2-4-13-26)18-8-6-17(7-9-18)23(27)28/h6-11,16H,2-5,12-15,26H2,1H3,(H3,27,28)(H,29,33). The zero-order chi connectivity index (χ0) is 24.5. The third-order valence-electron chi connectivity index (χ3n) is 5.64. The van der Waals surface area contributed by atoms with Gasteiger partial charge < -0.3 is 26.1 Å². The highest BCUT2D eigenvalue weighted by Crippen LogP contribution is 2.27. The van der Waals surface area contributed by atoms with Crippen LogP contribution in [0.3, 0.4) is 0 Å². The minimum Gasteiger partial charge on any atom is -0.469 e. The molecule has 0 aliphatic rings. The number of hydrogen-bond acceptors (Lipinski definition) is 6. The molecule has 180 valence electrons. The number of carbonyl (C=O) groups is 2. The Bertz CT molecular complexity index is 1150. The van der Waals surface area contributed by atoms with Gasteiger partial charge in [0.2, 0.25) is 0 Å². The summed E-state index contributed by atoms with van der Waals surface area (Å²) in [6, 6.07) is 12.9. The van der Waals surface area contributed by atoms with Crippen LogP contribution >= 0.6 is 0 Å². The van der Waals surface area contributed by atoms with E-state index >= 15 is 0 Å². The molecular formula is C25H32N6O3. The SMILES string of the molecule is COC(=O)CCNC(=O)c1ccc2c(c1)nc(-c1ccc(C(=N)N)cc1)n2CCCCCCN. The van der Waals surface area contributed by atoms with E-state index in [0.717, 1.165) is 49.1 Å². The van der Waals surface area contributed by atoms with Crippen molar-refractivity contribution in [1.29, 1.82) is 5.41 Å². The lowest BCUT2D eigenvalue weighted by Crippen LogP contribution is -2.26. The predicted octanol–water partition coefficient (Wildman–Crippen LogP) is 2.80. The molecule has 0 bridgehead atoms. The van der Waals surface area contributed by atoms with Crippen LogP contribution < -0.4 is 16.8 Å². The van der Waals surface area contributed by atoms with Gasteiger partial charge in [-0.25, -0.2) is 4.98 Å². The van der Waals surface area contributed by atoms with Gasteiger partial charge in [0.05, 0.1) is 24.6 Å². The second-order valence-electron chi connectivity index (χ2n) is 8.07. The highest BCUT2D eigenvalue weighted by atomic mass is 16.5. The molecule has 0 radical (unpaired) electrons. The molecule has 0 saturated heterocycles. The molecule has 0 aliphatic heterocycles. The fourth-order valence-corrected chi connectivity index (χ4v) is 3.77. The Labute approximate surface area is 199 Å². The number of hydrogen-bond donors (Lipinski definition) is 4. The van der Waals surface area contributed by atoms with Crippen molar-refractivity contribution in [3.05, 3.63) is 53.6 Å². The zero-order valence-corrected chi connectivity index (χ0v) is 19.5. The number of benzene rings is 2. The van der Waals surface area contributed by atoms with Crippen molar-refractivity contribution in [1.82, 2.24) is 14.9 Å². The molecule has 0 saturated carbocycles. The average Bonchev–Trinajstić information content (AvgIpc) is 3.21. The van der Waals surface area contributed by atoms with Crippen LogP contribution in [0.1, 0.15) is 48.0 Å². The van der Waals surface area contributed by atoms with E-state index in [2.05, 4.69) is 14.6 Å².